The number of fused-ring (bicyclic) bond motifs is 4. The fraction of sp³-hybridized carbons (Fsp3) is 0.333. The Hall–Kier alpha value is -2.47. The SMILES string of the molecule is C[C@@H]1CN(S(=O)(=O)c2ccc3[nH]c4c(c3c2)CCCC4)c2ccccc2O1. The summed E-state index contributed by atoms with van der Waals surface area (Å²) in [6.07, 6.45) is 4.20. The number of sulfonamides is 1. The van der Waals surface area contributed by atoms with Crippen molar-refractivity contribution < 1.29 is 13.2 Å². The van der Waals surface area contributed by atoms with E-state index in [1.54, 1.807) is 12.1 Å². The molecular formula is C21H22N2O3S. The average molecular weight is 382 g/mol. The molecule has 2 aromatic carbocycles. The second kappa shape index (κ2) is 6.02. The van der Waals surface area contributed by atoms with Crippen LogP contribution in [0.1, 0.15) is 31.0 Å². The number of aromatic nitrogens is 1. The highest BCUT2D eigenvalue weighted by Crippen LogP contribution is 2.38. The molecule has 1 atom stereocenters. The van der Waals surface area contributed by atoms with Gasteiger partial charge in [0.15, 0.2) is 0 Å². The van der Waals surface area contributed by atoms with Crippen molar-refractivity contribution in [3.05, 3.63) is 53.7 Å². The minimum Gasteiger partial charge on any atom is -0.487 e. The van der Waals surface area contributed by atoms with Gasteiger partial charge in [0.2, 0.25) is 0 Å². The Kier molecular flexibility index (Phi) is 3.72. The normalized spacial score (nSPS) is 19.4. The predicted octanol–water partition coefficient (Wildman–Crippen LogP) is 4.02. The van der Waals surface area contributed by atoms with Crippen LogP contribution < -0.4 is 9.04 Å². The third kappa shape index (κ3) is 2.62. The lowest BCUT2D eigenvalue weighted by Crippen LogP contribution is -2.42. The van der Waals surface area contributed by atoms with Crippen LogP contribution in [0.2, 0.25) is 0 Å². The molecule has 0 spiro atoms. The minimum absolute atomic E-state index is 0.196. The summed E-state index contributed by atoms with van der Waals surface area (Å²) in [5, 5.41) is 1.04. The molecule has 0 saturated carbocycles. The Morgan fingerprint density at radius 3 is 2.81 bits per heavy atom. The zero-order chi connectivity index (χ0) is 18.6. The van der Waals surface area contributed by atoms with Gasteiger partial charge in [-0.25, -0.2) is 8.42 Å². The van der Waals surface area contributed by atoms with Gasteiger partial charge in [-0.05, 0) is 68.5 Å². The van der Waals surface area contributed by atoms with E-state index in [0.29, 0.717) is 22.9 Å². The molecule has 2 aliphatic rings. The Labute approximate surface area is 159 Å². The van der Waals surface area contributed by atoms with Gasteiger partial charge in [-0.2, -0.15) is 0 Å². The van der Waals surface area contributed by atoms with Gasteiger partial charge in [0.25, 0.3) is 10.0 Å². The van der Waals surface area contributed by atoms with Crippen LogP contribution >= 0.6 is 0 Å². The highest BCUT2D eigenvalue weighted by Gasteiger charge is 2.33. The van der Waals surface area contributed by atoms with Gasteiger partial charge in [-0.1, -0.05) is 12.1 Å². The molecule has 6 heteroatoms. The number of benzene rings is 2. The van der Waals surface area contributed by atoms with Gasteiger partial charge in [0.1, 0.15) is 11.9 Å². The zero-order valence-electron chi connectivity index (χ0n) is 15.2. The summed E-state index contributed by atoms with van der Waals surface area (Å²) in [6, 6.07) is 12.8. The maximum atomic E-state index is 13.5. The molecule has 1 N–H and O–H groups in total. The van der Waals surface area contributed by atoms with Gasteiger partial charge < -0.3 is 9.72 Å². The van der Waals surface area contributed by atoms with Gasteiger partial charge in [-0.3, -0.25) is 4.31 Å². The first kappa shape index (κ1) is 16.7. The first-order chi connectivity index (χ1) is 13.0. The van der Waals surface area contributed by atoms with Crippen LogP contribution in [-0.2, 0) is 22.9 Å². The van der Waals surface area contributed by atoms with E-state index < -0.39 is 10.0 Å². The van der Waals surface area contributed by atoms with Gasteiger partial charge in [-0.15, -0.1) is 0 Å². The first-order valence-electron chi connectivity index (χ1n) is 9.46. The van der Waals surface area contributed by atoms with E-state index in [4.69, 9.17) is 4.74 Å². The largest absolute Gasteiger partial charge is 0.487 e. The van der Waals surface area contributed by atoms with Crippen molar-refractivity contribution in [1.82, 2.24) is 4.98 Å². The summed E-state index contributed by atoms with van der Waals surface area (Å²) in [5.74, 6) is 0.611. The molecule has 5 nitrogen and oxygen atoms in total. The highest BCUT2D eigenvalue weighted by molar-refractivity contribution is 7.92. The number of ether oxygens (including phenoxy) is 1. The Bertz CT molecular complexity index is 1130. The summed E-state index contributed by atoms with van der Waals surface area (Å²) in [4.78, 5) is 3.81. The summed E-state index contributed by atoms with van der Waals surface area (Å²) in [6.45, 7) is 2.20. The monoisotopic (exact) mass is 382 g/mol. The van der Waals surface area contributed by atoms with Crippen molar-refractivity contribution in [3.8, 4) is 5.75 Å². The number of aryl methyl sites for hydroxylation is 2. The second-order valence-electron chi connectivity index (χ2n) is 7.43. The topological polar surface area (TPSA) is 62.4 Å². The molecule has 3 aromatic rings. The van der Waals surface area contributed by atoms with Crippen molar-refractivity contribution in [2.45, 2.75) is 43.6 Å². The highest BCUT2D eigenvalue weighted by atomic mass is 32.2. The molecule has 27 heavy (non-hydrogen) atoms. The molecule has 2 heterocycles. The Morgan fingerprint density at radius 1 is 1.11 bits per heavy atom. The lowest BCUT2D eigenvalue weighted by Gasteiger charge is -2.34. The van der Waals surface area contributed by atoms with E-state index in [1.807, 2.05) is 37.3 Å². The van der Waals surface area contributed by atoms with E-state index in [1.165, 1.54) is 22.0 Å². The van der Waals surface area contributed by atoms with Crippen molar-refractivity contribution in [1.29, 1.82) is 0 Å². The third-order valence-corrected chi connectivity index (χ3v) is 7.32. The number of nitrogens with one attached hydrogen (secondary N) is 1. The molecule has 0 fully saturated rings. The minimum atomic E-state index is -3.66. The predicted molar refractivity (Wildman–Crippen MR) is 106 cm³/mol. The van der Waals surface area contributed by atoms with E-state index in [0.717, 1.165) is 30.2 Å². The van der Waals surface area contributed by atoms with E-state index in [2.05, 4.69) is 4.98 Å². The van der Waals surface area contributed by atoms with Crippen LogP contribution in [-0.4, -0.2) is 26.1 Å². The van der Waals surface area contributed by atoms with Gasteiger partial charge >= 0.3 is 0 Å². The quantitative estimate of drug-likeness (QED) is 0.728. The number of hydrogen-bond donors (Lipinski definition) is 1. The molecule has 1 aliphatic carbocycles. The zero-order valence-corrected chi connectivity index (χ0v) is 16.1. The molecule has 0 unspecified atom stereocenters. The lowest BCUT2D eigenvalue weighted by molar-refractivity contribution is 0.219. The first-order valence-corrected chi connectivity index (χ1v) is 10.9. The van der Waals surface area contributed by atoms with E-state index in [-0.39, 0.29) is 6.10 Å². The molecule has 1 aromatic heterocycles. The van der Waals surface area contributed by atoms with Crippen LogP contribution in [0.25, 0.3) is 10.9 Å². The number of nitrogens with zero attached hydrogens (tertiary/aromatic N) is 1. The number of hydrogen-bond acceptors (Lipinski definition) is 3. The maximum Gasteiger partial charge on any atom is 0.264 e. The molecule has 1 aliphatic heterocycles. The summed E-state index contributed by atoms with van der Waals surface area (Å²) >= 11 is 0. The Morgan fingerprint density at radius 2 is 1.93 bits per heavy atom. The van der Waals surface area contributed by atoms with Crippen molar-refractivity contribution in [2.75, 3.05) is 10.8 Å². The number of para-hydroxylation sites is 2. The Balaban J connectivity index is 1.63. The summed E-state index contributed by atoms with van der Waals surface area (Å²) in [5.41, 5.74) is 4.17. The molecule has 0 amide bonds. The molecule has 0 radical (unpaired) electrons. The number of anilines is 1. The standard InChI is InChI=1S/C21H22N2O3S/c1-14-13-23(20-8-4-5-9-21(20)26-14)27(24,25)15-10-11-19-17(12-15)16-6-2-3-7-18(16)22-19/h4-5,8-12,14,22H,2-3,6-7,13H2,1H3/t14-/m1/s1. The van der Waals surface area contributed by atoms with Crippen LogP contribution in [0, 0.1) is 0 Å². The lowest BCUT2D eigenvalue weighted by atomic mass is 9.96. The van der Waals surface area contributed by atoms with Crippen LogP contribution in [0.3, 0.4) is 0 Å². The summed E-state index contributed by atoms with van der Waals surface area (Å²) in [7, 11) is -3.66. The second-order valence-corrected chi connectivity index (χ2v) is 9.29. The smallest absolute Gasteiger partial charge is 0.264 e. The fourth-order valence-corrected chi connectivity index (χ4v) is 5.83. The van der Waals surface area contributed by atoms with Crippen molar-refractivity contribution >= 4 is 26.6 Å². The van der Waals surface area contributed by atoms with E-state index in [9.17, 15) is 8.42 Å². The average Bonchev–Trinajstić information content (AvgIpc) is 3.05. The van der Waals surface area contributed by atoms with Gasteiger partial charge in [0, 0.05) is 16.6 Å². The molecule has 0 bridgehead atoms. The molecule has 140 valence electrons. The maximum absolute atomic E-state index is 13.5. The van der Waals surface area contributed by atoms with Gasteiger partial charge in [0.05, 0.1) is 17.1 Å². The third-order valence-electron chi connectivity index (χ3n) is 5.54. The van der Waals surface area contributed by atoms with Crippen molar-refractivity contribution in [2.24, 2.45) is 0 Å². The van der Waals surface area contributed by atoms with Crippen LogP contribution in [0.15, 0.2) is 47.4 Å². The number of rotatable bonds is 2. The fourth-order valence-electron chi connectivity index (χ4n) is 4.25. The molecular weight excluding hydrogens is 360 g/mol. The number of H-pyrrole nitrogens is 1. The van der Waals surface area contributed by atoms with Crippen LogP contribution in [0.5, 0.6) is 5.75 Å². The van der Waals surface area contributed by atoms with Crippen LogP contribution in [0.4, 0.5) is 5.69 Å². The van der Waals surface area contributed by atoms with Crippen molar-refractivity contribution in [3.63, 3.8) is 0 Å². The van der Waals surface area contributed by atoms with E-state index >= 15 is 0 Å². The molecule has 5 rings (SSSR count). The summed E-state index contributed by atoms with van der Waals surface area (Å²) < 4.78 is 34.3. The number of aromatic amines is 1. The molecule has 0 saturated heterocycles.